The molecule has 0 amide bonds. The van der Waals surface area contributed by atoms with Crippen molar-refractivity contribution in [2.75, 3.05) is 31.8 Å². The fourth-order valence-electron chi connectivity index (χ4n) is 1.47. The largest absolute Gasteiger partial charge is 0.398 e. The molecular weight excluding hydrogens is 330 g/mol. The summed E-state index contributed by atoms with van der Waals surface area (Å²) in [4.78, 5) is 2.75. The van der Waals surface area contributed by atoms with Gasteiger partial charge in [-0.2, -0.15) is 0 Å². The number of hydrogen-bond acceptors (Lipinski definition) is 8. The van der Waals surface area contributed by atoms with E-state index in [2.05, 4.69) is 14.9 Å². The molecule has 2 aromatic rings. The fraction of sp³-hybridized carbons (Fsp3) is 0.273. The first-order valence-corrected chi connectivity index (χ1v) is 8.97. The third-order valence-electron chi connectivity index (χ3n) is 2.52. The molecule has 114 valence electrons. The van der Waals surface area contributed by atoms with Gasteiger partial charge in [0.1, 0.15) is 4.90 Å². The molecule has 0 fully saturated rings. The zero-order valence-corrected chi connectivity index (χ0v) is 14.1. The minimum atomic E-state index is -3.54. The van der Waals surface area contributed by atoms with Crippen LogP contribution in [0.4, 0.5) is 10.8 Å². The number of sulfonamides is 1. The van der Waals surface area contributed by atoms with E-state index in [-0.39, 0.29) is 10.6 Å². The maximum atomic E-state index is 11.7. The smallest absolute Gasteiger partial charge is 0.242 e. The Morgan fingerprint density at radius 3 is 2.57 bits per heavy atom. The van der Waals surface area contributed by atoms with E-state index < -0.39 is 10.0 Å². The second kappa shape index (κ2) is 6.18. The summed E-state index contributed by atoms with van der Waals surface area (Å²) in [5, 5.41) is 8.91. The maximum Gasteiger partial charge on any atom is 0.242 e. The van der Waals surface area contributed by atoms with Crippen LogP contribution in [-0.4, -0.2) is 39.8 Å². The van der Waals surface area contributed by atoms with Gasteiger partial charge < -0.3 is 10.6 Å². The van der Waals surface area contributed by atoms with Crippen molar-refractivity contribution in [2.45, 2.75) is 14.1 Å². The number of nitrogens with two attached hydrogens (primary N) is 1. The highest BCUT2D eigenvalue weighted by Gasteiger charge is 2.16. The fourth-order valence-corrected chi connectivity index (χ4v) is 4.09. The monoisotopic (exact) mass is 345 g/mol. The Morgan fingerprint density at radius 1 is 1.33 bits per heavy atom. The molecule has 0 unspecified atom stereocenters. The van der Waals surface area contributed by atoms with Gasteiger partial charge in [-0.05, 0) is 25.2 Å². The maximum absolute atomic E-state index is 11.7. The van der Waals surface area contributed by atoms with E-state index in [0.29, 0.717) is 0 Å². The van der Waals surface area contributed by atoms with Crippen LogP contribution in [-0.2, 0) is 10.0 Å². The van der Waals surface area contributed by atoms with Crippen molar-refractivity contribution in [3.63, 3.8) is 0 Å². The van der Waals surface area contributed by atoms with Crippen molar-refractivity contribution in [3.8, 4) is 0 Å². The van der Waals surface area contributed by atoms with Crippen LogP contribution < -0.4 is 15.4 Å². The van der Waals surface area contributed by atoms with Crippen LogP contribution in [0.15, 0.2) is 32.3 Å². The molecule has 0 bridgehead atoms. The Morgan fingerprint density at radius 2 is 2.05 bits per heavy atom. The molecule has 0 saturated carbocycles. The zero-order valence-electron chi connectivity index (χ0n) is 11.7. The van der Waals surface area contributed by atoms with Crippen molar-refractivity contribution in [1.82, 2.24) is 14.9 Å². The topological polar surface area (TPSA) is 101 Å². The number of rotatable bonds is 5. The van der Waals surface area contributed by atoms with Gasteiger partial charge in [0.25, 0.3) is 0 Å². The molecule has 0 aliphatic heterocycles. The predicted molar refractivity (Wildman–Crippen MR) is 85.5 cm³/mol. The van der Waals surface area contributed by atoms with Gasteiger partial charge in [-0.3, -0.25) is 0 Å². The quantitative estimate of drug-likeness (QED) is 0.786. The molecule has 0 saturated heterocycles. The molecule has 7 nitrogen and oxygen atoms in total. The van der Waals surface area contributed by atoms with Gasteiger partial charge >= 0.3 is 0 Å². The van der Waals surface area contributed by atoms with Gasteiger partial charge in [-0.15, -0.1) is 10.2 Å². The average Bonchev–Trinajstić information content (AvgIpc) is 2.87. The summed E-state index contributed by atoms with van der Waals surface area (Å²) in [5.74, 6) is 0. The Balaban J connectivity index is 2.24. The first kappa shape index (κ1) is 16.0. The van der Waals surface area contributed by atoms with Crippen LogP contribution in [0.5, 0.6) is 0 Å². The highest BCUT2D eigenvalue weighted by Crippen LogP contribution is 2.34. The first-order chi connectivity index (χ1) is 9.83. The molecule has 2 rings (SSSR count). The van der Waals surface area contributed by atoms with Crippen molar-refractivity contribution in [3.05, 3.63) is 18.2 Å². The van der Waals surface area contributed by atoms with Gasteiger partial charge in [0.2, 0.25) is 15.2 Å². The summed E-state index contributed by atoms with van der Waals surface area (Å²) < 4.78 is 26.5. The number of anilines is 2. The van der Waals surface area contributed by atoms with E-state index in [1.165, 1.54) is 36.2 Å². The predicted octanol–water partition coefficient (Wildman–Crippen LogP) is 1.25. The van der Waals surface area contributed by atoms with Crippen LogP contribution in [0.1, 0.15) is 0 Å². The molecule has 1 aromatic heterocycles. The molecule has 0 aliphatic carbocycles. The molecule has 0 atom stereocenters. The van der Waals surface area contributed by atoms with E-state index in [0.717, 1.165) is 14.4 Å². The minimum absolute atomic E-state index is 0.0700. The van der Waals surface area contributed by atoms with Crippen LogP contribution >= 0.6 is 23.1 Å². The van der Waals surface area contributed by atoms with Gasteiger partial charge in [0, 0.05) is 19.0 Å². The number of nitrogens with zero attached hydrogens (tertiary/aromatic N) is 3. The van der Waals surface area contributed by atoms with Crippen LogP contribution in [0, 0.1) is 0 Å². The minimum Gasteiger partial charge on any atom is -0.398 e. The third-order valence-corrected chi connectivity index (χ3v) is 6.14. The Labute approximate surface area is 131 Å². The standard InChI is InChI=1S/C11H15N5O2S3/c1-13-21(17,18)9-5-4-7(6-8(9)12)19-11-15-14-10(20-11)16(2)3/h4-6,13H,12H2,1-3H3. The Kier molecular flexibility index (Phi) is 4.71. The highest BCUT2D eigenvalue weighted by molar-refractivity contribution is 8.01. The number of benzene rings is 1. The van der Waals surface area contributed by atoms with Gasteiger partial charge in [-0.25, -0.2) is 13.1 Å². The van der Waals surface area contributed by atoms with Gasteiger partial charge in [-0.1, -0.05) is 23.1 Å². The second-order valence-corrected chi connectivity index (χ2v) is 8.39. The van der Waals surface area contributed by atoms with E-state index in [1.54, 1.807) is 12.1 Å². The molecule has 0 aliphatic rings. The molecular formula is C11H15N5O2S3. The lowest BCUT2D eigenvalue weighted by molar-refractivity contribution is 0.588. The van der Waals surface area contributed by atoms with Crippen molar-refractivity contribution < 1.29 is 8.42 Å². The lowest BCUT2D eigenvalue weighted by Gasteiger charge is -2.07. The van der Waals surface area contributed by atoms with Crippen molar-refractivity contribution in [1.29, 1.82) is 0 Å². The lowest BCUT2D eigenvalue weighted by atomic mass is 10.3. The number of nitrogen functional groups attached to an aromatic ring is 1. The van der Waals surface area contributed by atoms with Gasteiger partial charge in [0.05, 0.1) is 5.69 Å². The second-order valence-electron chi connectivity index (χ2n) is 4.25. The molecule has 0 spiro atoms. The van der Waals surface area contributed by atoms with Crippen LogP contribution in [0.3, 0.4) is 0 Å². The van der Waals surface area contributed by atoms with Crippen LogP contribution in [0.25, 0.3) is 0 Å². The average molecular weight is 345 g/mol. The first-order valence-electron chi connectivity index (χ1n) is 5.85. The zero-order chi connectivity index (χ0) is 15.6. The number of aromatic nitrogens is 2. The Bertz CT molecular complexity index is 742. The summed E-state index contributed by atoms with van der Waals surface area (Å²) in [5.41, 5.74) is 6.02. The van der Waals surface area contributed by atoms with E-state index in [4.69, 9.17) is 5.73 Å². The number of hydrogen-bond donors (Lipinski definition) is 2. The SMILES string of the molecule is CNS(=O)(=O)c1ccc(Sc2nnc(N(C)C)s2)cc1N. The number of nitrogens with one attached hydrogen (secondary N) is 1. The summed E-state index contributed by atoms with van der Waals surface area (Å²) >= 11 is 2.84. The summed E-state index contributed by atoms with van der Waals surface area (Å²) in [6, 6.07) is 4.80. The lowest BCUT2D eigenvalue weighted by Crippen LogP contribution is -2.19. The molecule has 1 heterocycles. The summed E-state index contributed by atoms with van der Waals surface area (Å²) in [6.45, 7) is 0. The molecule has 10 heteroatoms. The van der Waals surface area contributed by atoms with E-state index >= 15 is 0 Å². The molecule has 1 aromatic carbocycles. The summed E-state index contributed by atoms with van der Waals surface area (Å²) in [7, 11) is 1.59. The third kappa shape index (κ3) is 3.64. The van der Waals surface area contributed by atoms with Crippen LogP contribution in [0.2, 0.25) is 0 Å². The molecule has 3 N–H and O–H groups in total. The normalized spacial score (nSPS) is 11.6. The Hall–Kier alpha value is -1.36. The van der Waals surface area contributed by atoms with Crippen molar-refractivity contribution in [2.24, 2.45) is 0 Å². The van der Waals surface area contributed by atoms with E-state index in [1.807, 2.05) is 19.0 Å². The summed E-state index contributed by atoms with van der Waals surface area (Å²) in [6.07, 6.45) is 0. The van der Waals surface area contributed by atoms with Crippen molar-refractivity contribution >= 4 is 43.9 Å². The van der Waals surface area contributed by atoms with Gasteiger partial charge in [0.15, 0.2) is 4.34 Å². The molecule has 0 radical (unpaired) electrons. The highest BCUT2D eigenvalue weighted by atomic mass is 32.2. The van der Waals surface area contributed by atoms with E-state index in [9.17, 15) is 8.42 Å². The molecule has 21 heavy (non-hydrogen) atoms.